The molecule has 1 atom stereocenters. The number of hydrogen-bond acceptors (Lipinski definition) is 9. The summed E-state index contributed by atoms with van der Waals surface area (Å²) in [5.41, 5.74) is 3.90. The molecular formula is C28H34N8O2S. The Morgan fingerprint density at radius 3 is 2.62 bits per heavy atom. The summed E-state index contributed by atoms with van der Waals surface area (Å²) >= 11 is 0. The second-order valence-electron chi connectivity index (χ2n) is 10.7. The van der Waals surface area contributed by atoms with E-state index in [1.165, 1.54) is 0 Å². The lowest BCUT2D eigenvalue weighted by atomic mass is 10.1. The molecule has 1 aromatic carbocycles. The molecule has 3 aromatic heterocycles. The van der Waals surface area contributed by atoms with E-state index >= 15 is 0 Å². The van der Waals surface area contributed by atoms with E-state index in [0.29, 0.717) is 23.5 Å². The molecule has 1 unspecified atom stereocenters. The number of benzene rings is 1. The summed E-state index contributed by atoms with van der Waals surface area (Å²) in [5, 5.41) is 14.2. The normalized spacial score (nSPS) is 18.5. The molecule has 2 N–H and O–H groups in total. The maximum absolute atomic E-state index is 12.3. The van der Waals surface area contributed by atoms with Gasteiger partial charge in [-0.15, -0.1) is 0 Å². The van der Waals surface area contributed by atoms with Crippen LogP contribution in [0.15, 0.2) is 59.1 Å². The highest BCUT2D eigenvalue weighted by molar-refractivity contribution is 7.92. The van der Waals surface area contributed by atoms with E-state index in [1.807, 2.05) is 30.5 Å². The zero-order chi connectivity index (χ0) is 27.1. The second-order valence-corrected chi connectivity index (χ2v) is 13.3. The maximum Gasteiger partial charge on any atom is 0.229 e. The smallest absolute Gasteiger partial charge is 0.229 e. The number of piperazine rings is 1. The Labute approximate surface area is 228 Å². The lowest BCUT2D eigenvalue weighted by Crippen LogP contribution is -2.53. The van der Waals surface area contributed by atoms with Gasteiger partial charge in [0.2, 0.25) is 5.95 Å². The van der Waals surface area contributed by atoms with Gasteiger partial charge in [0.15, 0.2) is 11.5 Å². The maximum atomic E-state index is 12.3. The second kappa shape index (κ2) is 10.2. The van der Waals surface area contributed by atoms with Crippen molar-refractivity contribution in [2.24, 2.45) is 4.36 Å². The van der Waals surface area contributed by atoms with Gasteiger partial charge in [0, 0.05) is 70.5 Å². The Morgan fingerprint density at radius 1 is 1.10 bits per heavy atom. The van der Waals surface area contributed by atoms with Gasteiger partial charge in [0.1, 0.15) is 5.82 Å². The van der Waals surface area contributed by atoms with E-state index in [9.17, 15) is 9.32 Å². The third kappa shape index (κ3) is 5.61. The highest BCUT2D eigenvalue weighted by Crippen LogP contribution is 2.43. The number of pyridine rings is 1. The largest absolute Gasteiger partial charge is 0.394 e. The Balaban J connectivity index is 1.31. The quantitative estimate of drug-likeness (QED) is 0.359. The van der Waals surface area contributed by atoms with Crippen molar-refractivity contribution < 1.29 is 9.32 Å². The molecule has 10 nitrogen and oxygen atoms in total. The molecule has 0 radical (unpaired) electrons. The fourth-order valence-corrected chi connectivity index (χ4v) is 5.73. The zero-order valence-electron chi connectivity index (χ0n) is 22.5. The van der Waals surface area contributed by atoms with Gasteiger partial charge in [-0.3, -0.25) is 4.57 Å². The number of fused-ring (bicyclic) bond motifs is 1. The van der Waals surface area contributed by atoms with E-state index in [4.69, 9.17) is 9.97 Å². The number of aromatic nitrogens is 4. The van der Waals surface area contributed by atoms with Crippen LogP contribution in [0, 0.1) is 0 Å². The Morgan fingerprint density at radius 2 is 1.90 bits per heavy atom. The van der Waals surface area contributed by atoms with E-state index in [1.54, 1.807) is 18.6 Å². The summed E-state index contributed by atoms with van der Waals surface area (Å²) in [4.78, 5) is 18.7. The highest BCUT2D eigenvalue weighted by atomic mass is 32.2. The summed E-state index contributed by atoms with van der Waals surface area (Å²) in [6, 6.07) is 16.0. The molecule has 4 aromatic rings. The molecule has 2 fully saturated rings. The van der Waals surface area contributed by atoms with E-state index in [0.717, 1.165) is 60.6 Å². The summed E-state index contributed by atoms with van der Waals surface area (Å²) in [6.45, 7) is 2.82. The average Bonchev–Trinajstić information content (AvgIpc) is 3.68. The number of nitrogens with zero attached hydrogens (tertiary/aromatic N) is 7. The first-order chi connectivity index (χ1) is 18.8. The molecule has 1 saturated carbocycles. The van der Waals surface area contributed by atoms with Crippen molar-refractivity contribution in [3.8, 4) is 5.82 Å². The predicted octanol–water partition coefficient (Wildman–Crippen LogP) is 3.91. The van der Waals surface area contributed by atoms with Crippen LogP contribution in [0.3, 0.4) is 0 Å². The number of aliphatic hydroxyl groups excluding tert-OH is 1. The molecule has 0 amide bonds. The van der Waals surface area contributed by atoms with Crippen molar-refractivity contribution in [1.29, 1.82) is 0 Å². The van der Waals surface area contributed by atoms with Crippen molar-refractivity contribution in [2.45, 2.75) is 24.8 Å². The molecule has 2 aliphatic rings. The van der Waals surface area contributed by atoms with Gasteiger partial charge in [-0.25, -0.2) is 14.2 Å². The lowest BCUT2D eigenvalue weighted by Gasteiger charge is -2.40. The molecule has 39 heavy (non-hydrogen) atoms. The lowest BCUT2D eigenvalue weighted by molar-refractivity contribution is 0.191. The minimum atomic E-state index is -2.33. The van der Waals surface area contributed by atoms with Crippen molar-refractivity contribution in [1.82, 2.24) is 24.4 Å². The minimum absolute atomic E-state index is 0.0859. The van der Waals surface area contributed by atoms with Crippen LogP contribution in [0.1, 0.15) is 24.5 Å². The Kier molecular flexibility index (Phi) is 6.74. The van der Waals surface area contributed by atoms with Crippen LogP contribution in [-0.2, 0) is 9.73 Å². The molecule has 1 aliphatic carbocycles. The van der Waals surface area contributed by atoms with Crippen LogP contribution < -0.4 is 10.2 Å². The first kappa shape index (κ1) is 25.7. The van der Waals surface area contributed by atoms with E-state index < -0.39 is 9.73 Å². The fraction of sp³-hybridized carbons (Fsp3) is 0.393. The molecule has 0 bridgehead atoms. The molecule has 204 valence electrons. The third-order valence-corrected chi connectivity index (χ3v) is 7.81. The minimum Gasteiger partial charge on any atom is -0.394 e. The number of nitrogens with one attached hydrogen (secondary N) is 1. The van der Waals surface area contributed by atoms with E-state index in [-0.39, 0.29) is 12.6 Å². The third-order valence-electron chi connectivity index (χ3n) is 7.18. The van der Waals surface area contributed by atoms with Crippen molar-refractivity contribution in [3.05, 3.63) is 60.4 Å². The number of hydrogen-bond donors (Lipinski definition) is 2. The van der Waals surface area contributed by atoms with Crippen molar-refractivity contribution in [3.63, 3.8) is 0 Å². The molecule has 11 heteroatoms. The van der Waals surface area contributed by atoms with Gasteiger partial charge >= 0.3 is 0 Å². The predicted molar refractivity (Wildman–Crippen MR) is 156 cm³/mol. The number of rotatable bonds is 7. The Hall–Kier alpha value is -3.54. The average molecular weight is 547 g/mol. The van der Waals surface area contributed by atoms with Gasteiger partial charge in [-0.05, 0) is 68.3 Å². The van der Waals surface area contributed by atoms with Gasteiger partial charge in [0.05, 0.1) is 12.6 Å². The van der Waals surface area contributed by atoms with Gasteiger partial charge in [-0.2, -0.15) is 9.35 Å². The molecule has 4 heterocycles. The molecular weight excluding hydrogens is 512 g/mol. The summed E-state index contributed by atoms with van der Waals surface area (Å²) in [5.74, 6) is 2.11. The summed E-state index contributed by atoms with van der Waals surface area (Å²) in [7, 11) is -0.241. The van der Waals surface area contributed by atoms with Gasteiger partial charge < -0.3 is 20.2 Å². The number of likely N-dealkylation sites (N-methyl/N-ethyl adjacent to an activating group) is 1. The van der Waals surface area contributed by atoms with Gasteiger partial charge in [-0.1, -0.05) is 6.07 Å². The first-order valence-corrected chi connectivity index (χ1v) is 15.6. The van der Waals surface area contributed by atoms with E-state index in [2.05, 4.69) is 54.3 Å². The van der Waals surface area contributed by atoms with Crippen LogP contribution in [0.5, 0.6) is 0 Å². The molecule has 1 saturated heterocycles. The number of anilines is 3. The zero-order valence-corrected chi connectivity index (χ0v) is 23.3. The standard InChI is InChI=1S/C28H34N8O2S/c1-34-13-14-35(23(17-34)18-37)22-11-9-21(10-12-22)30-28-29-16-20-15-24(19-7-8-19)36(27(20)32-28)26-6-4-5-25(31-26)33-39(2,3)38/h4-6,9-12,15-16,19,23,37H,7-8,13-14,17-18H2,1-3H3,(H,29,30,32). The fourth-order valence-electron chi connectivity index (χ4n) is 5.17. The molecule has 1 aliphatic heterocycles. The van der Waals surface area contributed by atoms with Crippen molar-refractivity contribution >= 4 is 43.9 Å². The summed E-state index contributed by atoms with van der Waals surface area (Å²) in [6.07, 6.45) is 7.32. The van der Waals surface area contributed by atoms with Gasteiger partial charge in [0.25, 0.3) is 0 Å². The first-order valence-electron chi connectivity index (χ1n) is 13.2. The van der Waals surface area contributed by atoms with Crippen LogP contribution in [0.4, 0.5) is 23.1 Å². The van der Waals surface area contributed by atoms with Crippen LogP contribution in [-0.4, -0.2) is 85.6 Å². The molecule has 0 spiro atoms. The van der Waals surface area contributed by atoms with Crippen LogP contribution in [0.2, 0.25) is 0 Å². The van der Waals surface area contributed by atoms with Crippen molar-refractivity contribution in [2.75, 3.05) is 56.0 Å². The Bertz CT molecular complexity index is 1610. The SMILES string of the molecule is CN1CCN(c2ccc(Nc3ncc4cc(C5CC5)n(-c5cccc(N=S(C)(C)=O)n5)c4n3)cc2)C(CO)C1. The van der Waals surface area contributed by atoms with Crippen LogP contribution in [0.25, 0.3) is 16.9 Å². The summed E-state index contributed by atoms with van der Waals surface area (Å²) < 4.78 is 18.6. The number of aliphatic hydroxyl groups is 1. The topological polar surface area (TPSA) is 112 Å². The monoisotopic (exact) mass is 546 g/mol. The van der Waals surface area contributed by atoms with Crippen LogP contribution >= 0.6 is 0 Å². The highest BCUT2D eigenvalue weighted by Gasteiger charge is 2.29. The molecule has 6 rings (SSSR count).